The molecule has 3 nitrogen and oxygen atoms in total. The van der Waals surface area contributed by atoms with Crippen molar-refractivity contribution < 1.29 is 9.47 Å². The molecule has 1 heterocycles. The number of para-hydroxylation sites is 1. The van der Waals surface area contributed by atoms with E-state index in [1.54, 1.807) is 7.11 Å². The van der Waals surface area contributed by atoms with Crippen molar-refractivity contribution in [2.24, 2.45) is 5.92 Å². The number of nitrogens with one attached hydrogen (secondary N) is 1. The van der Waals surface area contributed by atoms with E-state index in [-0.39, 0.29) is 0 Å². The SMILES string of the molecule is COCCNCC(C)CCC1COc2ccccc21. The summed E-state index contributed by atoms with van der Waals surface area (Å²) in [6.07, 6.45) is 2.45. The van der Waals surface area contributed by atoms with E-state index in [1.165, 1.54) is 18.4 Å². The smallest absolute Gasteiger partial charge is 0.122 e. The lowest BCUT2D eigenvalue weighted by molar-refractivity contribution is 0.197. The third-order valence-electron chi connectivity index (χ3n) is 3.78. The summed E-state index contributed by atoms with van der Waals surface area (Å²) in [5.41, 5.74) is 1.39. The molecule has 1 aromatic rings. The highest BCUT2D eigenvalue weighted by atomic mass is 16.5. The van der Waals surface area contributed by atoms with E-state index in [2.05, 4.69) is 30.4 Å². The minimum absolute atomic E-state index is 0.581. The highest BCUT2D eigenvalue weighted by molar-refractivity contribution is 5.39. The van der Waals surface area contributed by atoms with Gasteiger partial charge in [-0.25, -0.2) is 0 Å². The Morgan fingerprint density at radius 2 is 2.26 bits per heavy atom. The van der Waals surface area contributed by atoms with E-state index in [4.69, 9.17) is 9.47 Å². The van der Waals surface area contributed by atoms with E-state index in [9.17, 15) is 0 Å². The van der Waals surface area contributed by atoms with Gasteiger partial charge in [-0.15, -0.1) is 0 Å². The van der Waals surface area contributed by atoms with Crippen molar-refractivity contribution in [3.63, 3.8) is 0 Å². The summed E-state index contributed by atoms with van der Waals surface area (Å²) in [6, 6.07) is 8.43. The number of rotatable bonds is 8. The summed E-state index contributed by atoms with van der Waals surface area (Å²) in [5, 5.41) is 3.42. The van der Waals surface area contributed by atoms with Gasteiger partial charge in [0.2, 0.25) is 0 Å². The Kier molecular flexibility index (Phi) is 5.67. The minimum Gasteiger partial charge on any atom is -0.493 e. The Balaban J connectivity index is 1.69. The number of hydrogen-bond acceptors (Lipinski definition) is 3. The summed E-state index contributed by atoms with van der Waals surface area (Å²) in [6.45, 7) is 5.95. The molecule has 2 rings (SSSR count). The monoisotopic (exact) mass is 263 g/mol. The average molecular weight is 263 g/mol. The summed E-state index contributed by atoms with van der Waals surface area (Å²) in [5.74, 6) is 2.36. The Bertz CT molecular complexity index is 381. The Hall–Kier alpha value is -1.06. The van der Waals surface area contributed by atoms with Crippen LogP contribution >= 0.6 is 0 Å². The molecular weight excluding hydrogens is 238 g/mol. The standard InChI is InChI=1S/C16H25NO2/c1-13(11-17-9-10-18-2)7-8-14-12-19-16-6-4-3-5-15(14)16/h3-6,13-14,17H,7-12H2,1-2H3. The topological polar surface area (TPSA) is 30.5 Å². The van der Waals surface area contributed by atoms with Gasteiger partial charge in [0, 0.05) is 25.1 Å². The first-order valence-corrected chi connectivity index (χ1v) is 7.22. The zero-order valence-electron chi connectivity index (χ0n) is 12.0. The number of fused-ring (bicyclic) bond motifs is 1. The van der Waals surface area contributed by atoms with Crippen LogP contribution in [0.5, 0.6) is 5.75 Å². The highest BCUT2D eigenvalue weighted by Crippen LogP contribution is 2.36. The second kappa shape index (κ2) is 7.51. The number of methoxy groups -OCH3 is 1. The summed E-state index contributed by atoms with van der Waals surface area (Å²) < 4.78 is 10.7. The van der Waals surface area contributed by atoms with Crippen LogP contribution in [-0.2, 0) is 4.74 Å². The molecule has 1 aromatic carbocycles. The van der Waals surface area contributed by atoms with Crippen molar-refractivity contribution in [2.75, 3.05) is 33.4 Å². The van der Waals surface area contributed by atoms with Crippen LogP contribution in [0.1, 0.15) is 31.2 Å². The number of ether oxygens (including phenoxy) is 2. The van der Waals surface area contributed by atoms with Crippen LogP contribution < -0.4 is 10.1 Å². The first-order chi connectivity index (χ1) is 9.31. The van der Waals surface area contributed by atoms with Crippen LogP contribution in [0.15, 0.2) is 24.3 Å². The Labute approximate surface area is 116 Å². The molecule has 19 heavy (non-hydrogen) atoms. The average Bonchev–Trinajstić information content (AvgIpc) is 2.85. The van der Waals surface area contributed by atoms with Gasteiger partial charge in [0.05, 0.1) is 13.2 Å². The van der Waals surface area contributed by atoms with Crippen LogP contribution in [0, 0.1) is 5.92 Å². The van der Waals surface area contributed by atoms with Gasteiger partial charge < -0.3 is 14.8 Å². The fraction of sp³-hybridized carbons (Fsp3) is 0.625. The van der Waals surface area contributed by atoms with Crippen LogP contribution in [0.25, 0.3) is 0 Å². The molecular formula is C16H25NO2. The molecule has 0 saturated carbocycles. The molecule has 3 heteroatoms. The largest absolute Gasteiger partial charge is 0.493 e. The molecule has 1 aliphatic heterocycles. The number of benzene rings is 1. The molecule has 1 N–H and O–H groups in total. The molecule has 106 valence electrons. The van der Waals surface area contributed by atoms with Gasteiger partial charge in [0.1, 0.15) is 5.75 Å². The maximum Gasteiger partial charge on any atom is 0.122 e. The Morgan fingerprint density at radius 3 is 3.11 bits per heavy atom. The van der Waals surface area contributed by atoms with Crippen molar-refractivity contribution >= 4 is 0 Å². The normalized spacial score (nSPS) is 18.9. The second-order valence-corrected chi connectivity index (χ2v) is 5.43. The van der Waals surface area contributed by atoms with Crippen molar-refractivity contribution in [3.05, 3.63) is 29.8 Å². The lowest BCUT2D eigenvalue weighted by Gasteiger charge is -2.15. The molecule has 0 amide bonds. The van der Waals surface area contributed by atoms with Crippen LogP contribution in [0.2, 0.25) is 0 Å². The maximum atomic E-state index is 5.72. The van der Waals surface area contributed by atoms with E-state index < -0.39 is 0 Å². The quantitative estimate of drug-likeness (QED) is 0.732. The minimum atomic E-state index is 0.581. The molecule has 0 saturated heterocycles. The molecule has 2 atom stereocenters. The zero-order chi connectivity index (χ0) is 13.5. The molecule has 0 aliphatic carbocycles. The maximum absolute atomic E-state index is 5.72. The van der Waals surface area contributed by atoms with Gasteiger partial charge in [-0.05, 0) is 31.4 Å². The summed E-state index contributed by atoms with van der Waals surface area (Å²) in [7, 11) is 1.74. The van der Waals surface area contributed by atoms with Crippen molar-refractivity contribution in [1.29, 1.82) is 0 Å². The highest BCUT2D eigenvalue weighted by Gasteiger charge is 2.23. The molecule has 1 aliphatic rings. The third-order valence-corrected chi connectivity index (χ3v) is 3.78. The van der Waals surface area contributed by atoms with E-state index in [1.807, 2.05) is 6.07 Å². The fourth-order valence-electron chi connectivity index (χ4n) is 2.58. The predicted octanol–water partition coefficient (Wildman–Crippen LogP) is 2.81. The molecule has 0 radical (unpaired) electrons. The van der Waals surface area contributed by atoms with Gasteiger partial charge in [-0.1, -0.05) is 25.1 Å². The molecule has 0 fully saturated rings. The predicted molar refractivity (Wildman–Crippen MR) is 77.8 cm³/mol. The van der Waals surface area contributed by atoms with E-state index >= 15 is 0 Å². The molecule has 2 unspecified atom stereocenters. The van der Waals surface area contributed by atoms with Crippen LogP contribution in [-0.4, -0.2) is 33.4 Å². The van der Waals surface area contributed by atoms with Crippen molar-refractivity contribution in [3.8, 4) is 5.75 Å². The lowest BCUT2D eigenvalue weighted by Crippen LogP contribution is -2.25. The van der Waals surface area contributed by atoms with Gasteiger partial charge in [0.25, 0.3) is 0 Å². The number of hydrogen-bond donors (Lipinski definition) is 1. The molecule has 0 aromatic heterocycles. The van der Waals surface area contributed by atoms with Crippen LogP contribution in [0.3, 0.4) is 0 Å². The first kappa shape index (κ1) is 14.4. The van der Waals surface area contributed by atoms with Gasteiger partial charge >= 0.3 is 0 Å². The van der Waals surface area contributed by atoms with Crippen LogP contribution in [0.4, 0.5) is 0 Å². The summed E-state index contributed by atoms with van der Waals surface area (Å²) >= 11 is 0. The summed E-state index contributed by atoms with van der Waals surface area (Å²) in [4.78, 5) is 0. The van der Waals surface area contributed by atoms with Gasteiger partial charge in [-0.3, -0.25) is 0 Å². The van der Waals surface area contributed by atoms with Gasteiger partial charge in [0.15, 0.2) is 0 Å². The molecule has 0 spiro atoms. The van der Waals surface area contributed by atoms with Crippen molar-refractivity contribution in [1.82, 2.24) is 5.32 Å². The van der Waals surface area contributed by atoms with Gasteiger partial charge in [-0.2, -0.15) is 0 Å². The second-order valence-electron chi connectivity index (χ2n) is 5.43. The van der Waals surface area contributed by atoms with E-state index in [0.29, 0.717) is 11.8 Å². The zero-order valence-corrected chi connectivity index (χ0v) is 12.0. The third kappa shape index (κ3) is 4.22. The lowest BCUT2D eigenvalue weighted by atomic mass is 9.92. The fourth-order valence-corrected chi connectivity index (χ4v) is 2.58. The van der Waals surface area contributed by atoms with Crippen molar-refractivity contribution in [2.45, 2.75) is 25.7 Å². The first-order valence-electron chi connectivity index (χ1n) is 7.22. The Morgan fingerprint density at radius 1 is 1.42 bits per heavy atom. The molecule has 0 bridgehead atoms. The van der Waals surface area contributed by atoms with E-state index in [0.717, 1.165) is 32.1 Å².